The summed E-state index contributed by atoms with van der Waals surface area (Å²) in [7, 11) is 2.14. The maximum atomic E-state index is 13.1. The van der Waals surface area contributed by atoms with Gasteiger partial charge in [0, 0.05) is 12.0 Å². The quantitative estimate of drug-likeness (QED) is 0.902. The number of halogens is 1. The molecule has 3 nitrogen and oxygen atoms in total. The van der Waals surface area contributed by atoms with Crippen LogP contribution in [0.3, 0.4) is 0 Å². The monoisotopic (exact) mass is 340 g/mol. The van der Waals surface area contributed by atoms with Gasteiger partial charge in [0.25, 0.3) is 0 Å². The van der Waals surface area contributed by atoms with E-state index in [0.717, 1.165) is 31.5 Å². The highest BCUT2D eigenvalue weighted by molar-refractivity contribution is 5.45. The van der Waals surface area contributed by atoms with Crippen LogP contribution < -0.4 is 5.32 Å². The van der Waals surface area contributed by atoms with Crippen LogP contribution in [-0.4, -0.2) is 36.2 Å². The van der Waals surface area contributed by atoms with E-state index in [1.54, 1.807) is 12.1 Å². The maximum Gasteiger partial charge on any atom is 0.123 e. The second-order valence-corrected chi connectivity index (χ2v) is 7.48. The molecule has 1 aliphatic carbocycles. The molecule has 0 aromatic heterocycles. The molecule has 2 unspecified atom stereocenters. The van der Waals surface area contributed by atoms with Crippen molar-refractivity contribution < 1.29 is 9.50 Å². The molecule has 1 spiro atoms. The fourth-order valence-corrected chi connectivity index (χ4v) is 4.50. The number of piperidine rings is 1. The van der Waals surface area contributed by atoms with Crippen LogP contribution in [0, 0.1) is 5.82 Å². The molecule has 4 heteroatoms. The van der Waals surface area contributed by atoms with Gasteiger partial charge in [-0.3, -0.25) is 0 Å². The second-order valence-electron chi connectivity index (χ2n) is 7.48. The summed E-state index contributed by atoms with van der Waals surface area (Å²) in [5, 5.41) is 14.8. The van der Waals surface area contributed by atoms with Gasteiger partial charge in [0.05, 0.1) is 12.1 Å². The van der Waals surface area contributed by atoms with E-state index in [9.17, 15) is 9.50 Å². The molecule has 25 heavy (non-hydrogen) atoms. The minimum Gasteiger partial charge on any atom is -0.390 e. The summed E-state index contributed by atoms with van der Waals surface area (Å²) >= 11 is 0. The molecule has 2 N–H and O–H groups in total. The van der Waals surface area contributed by atoms with Gasteiger partial charge in [0.2, 0.25) is 0 Å². The van der Waals surface area contributed by atoms with Gasteiger partial charge in [-0.2, -0.15) is 0 Å². The summed E-state index contributed by atoms with van der Waals surface area (Å²) in [6, 6.07) is 14.9. The highest BCUT2D eigenvalue weighted by atomic mass is 19.1. The van der Waals surface area contributed by atoms with Crippen molar-refractivity contribution in [2.75, 3.05) is 20.1 Å². The SMILES string of the molecule is CN1CCC2(CC1)c1ccccc1C(NCc1ccc(F)cc1)C2O. The van der Waals surface area contributed by atoms with Crippen LogP contribution in [0.15, 0.2) is 48.5 Å². The van der Waals surface area contributed by atoms with Crippen molar-refractivity contribution >= 4 is 0 Å². The number of fused-ring (bicyclic) bond motifs is 2. The third-order valence-electron chi connectivity index (χ3n) is 6.03. The molecule has 0 saturated carbocycles. The number of aliphatic hydroxyl groups excluding tert-OH is 1. The van der Waals surface area contributed by atoms with Crippen molar-refractivity contribution in [1.29, 1.82) is 0 Å². The average Bonchev–Trinajstić information content (AvgIpc) is 2.86. The first-order valence-electron chi connectivity index (χ1n) is 9.04. The average molecular weight is 340 g/mol. The zero-order valence-electron chi connectivity index (χ0n) is 14.6. The highest BCUT2D eigenvalue weighted by Crippen LogP contribution is 2.50. The molecule has 1 aliphatic heterocycles. The Bertz CT molecular complexity index is 738. The Kier molecular flexibility index (Phi) is 4.36. The van der Waals surface area contributed by atoms with E-state index in [4.69, 9.17) is 0 Å². The Morgan fingerprint density at radius 3 is 2.52 bits per heavy atom. The summed E-state index contributed by atoms with van der Waals surface area (Å²) in [5.41, 5.74) is 3.38. The van der Waals surface area contributed by atoms with Gasteiger partial charge in [-0.05, 0) is 61.8 Å². The molecular weight excluding hydrogens is 315 g/mol. The van der Waals surface area contributed by atoms with Gasteiger partial charge in [-0.1, -0.05) is 36.4 Å². The number of hydrogen-bond donors (Lipinski definition) is 2. The standard InChI is InChI=1S/C21H25FN2O/c1-24-12-10-21(11-13-24)18-5-3-2-4-17(18)19(20(21)25)23-14-15-6-8-16(22)9-7-15/h2-9,19-20,23,25H,10-14H2,1H3. The Morgan fingerprint density at radius 1 is 1.12 bits per heavy atom. The summed E-state index contributed by atoms with van der Waals surface area (Å²) in [6.45, 7) is 2.64. The number of hydrogen-bond acceptors (Lipinski definition) is 3. The van der Waals surface area contributed by atoms with E-state index in [1.807, 2.05) is 6.07 Å². The van der Waals surface area contributed by atoms with Gasteiger partial charge in [0.15, 0.2) is 0 Å². The number of benzene rings is 2. The van der Waals surface area contributed by atoms with Crippen LogP contribution in [-0.2, 0) is 12.0 Å². The predicted molar refractivity (Wildman–Crippen MR) is 96.8 cm³/mol. The van der Waals surface area contributed by atoms with E-state index >= 15 is 0 Å². The van der Waals surface area contributed by atoms with Gasteiger partial charge in [-0.15, -0.1) is 0 Å². The van der Waals surface area contributed by atoms with Gasteiger partial charge in [0.1, 0.15) is 5.82 Å². The molecular formula is C21H25FN2O. The van der Waals surface area contributed by atoms with Crippen LogP contribution in [0.1, 0.15) is 35.6 Å². The third-order valence-corrected chi connectivity index (χ3v) is 6.03. The fraction of sp³-hybridized carbons (Fsp3) is 0.429. The number of rotatable bonds is 3. The largest absolute Gasteiger partial charge is 0.390 e. The first-order chi connectivity index (χ1) is 12.1. The smallest absolute Gasteiger partial charge is 0.123 e. The lowest BCUT2D eigenvalue weighted by atomic mass is 9.72. The lowest BCUT2D eigenvalue weighted by Gasteiger charge is -2.41. The Balaban J connectivity index is 1.59. The van der Waals surface area contributed by atoms with Crippen LogP contribution in [0.5, 0.6) is 0 Å². The number of nitrogens with zero attached hydrogens (tertiary/aromatic N) is 1. The van der Waals surface area contributed by atoms with Crippen molar-refractivity contribution in [2.45, 2.75) is 36.9 Å². The van der Waals surface area contributed by atoms with Crippen LogP contribution in [0.2, 0.25) is 0 Å². The summed E-state index contributed by atoms with van der Waals surface area (Å²) in [5.74, 6) is -0.222. The summed E-state index contributed by atoms with van der Waals surface area (Å²) in [4.78, 5) is 2.33. The molecule has 4 rings (SSSR count). The number of likely N-dealkylation sites (tertiary alicyclic amines) is 1. The fourth-order valence-electron chi connectivity index (χ4n) is 4.50. The zero-order valence-corrected chi connectivity index (χ0v) is 14.6. The lowest BCUT2D eigenvalue weighted by Crippen LogP contribution is -2.48. The first kappa shape index (κ1) is 16.7. The van der Waals surface area contributed by atoms with E-state index in [0.29, 0.717) is 6.54 Å². The molecule has 0 amide bonds. The van der Waals surface area contributed by atoms with E-state index < -0.39 is 6.10 Å². The normalized spacial score (nSPS) is 25.2. The first-order valence-corrected chi connectivity index (χ1v) is 9.04. The maximum absolute atomic E-state index is 13.1. The minimum atomic E-state index is -0.431. The Morgan fingerprint density at radius 2 is 1.80 bits per heavy atom. The van der Waals surface area contributed by atoms with Gasteiger partial charge >= 0.3 is 0 Å². The molecule has 0 bridgehead atoms. The van der Waals surface area contributed by atoms with E-state index in [2.05, 4.69) is 35.5 Å². The Hall–Kier alpha value is -1.75. The summed E-state index contributed by atoms with van der Waals surface area (Å²) in [6.07, 6.45) is 1.53. The summed E-state index contributed by atoms with van der Waals surface area (Å²) < 4.78 is 13.1. The molecule has 2 atom stereocenters. The molecule has 2 aromatic rings. The van der Waals surface area contributed by atoms with E-state index in [-0.39, 0.29) is 17.3 Å². The topological polar surface area (TPSA) is 35.5 Å². The number of aliphatic hydroxyl groups is 1. The minimum absolute atomic E-state index is 0.0790. The molecule has 2 aliphatic rings. The number of nitrogens with one attached hydrogen (secondary N) is 1. The van der Waals surface area contributed by atoms with Crippen molar-refractivity contribution in [1.82, 2.24) is 10.2 Å². The van der Waals surface area contributed by atoms with Crippen LogP contribution in [0.25, 0.3) is 0 Å². The molecule has 2 aromatic carbocycles. The van der Waals surface area contributed by atoms with Crippen molar-refractivity contribution in [3.05, 3.63) is 71.0 Å². The van der Waals surface area contributed by atoms with Crippen LogP contribution in [0.4, 0.5) is 4.39 Å². The highest BCUT2D eigenvalue weighted by Gasteiger charge is 2.51. The molecule has 0 radical (unpaired) electrons. The van der Waals surface area contributed by atoms with Crippen molar-refractivity contribution in [3.8, 4) is 0 Å². The van der Waals surface area contributed by atoms with Crippen molar-refractivity contribution in [3.63, 3.8) is 0 Å². The molecule has 1 saturated heterocycles. The Labute approximate surface area is 148 Å². The predicted octanol–water partition coefficient (Wildman–Crippen LogP) is 2.99. The van der Waals surface area contributed by atoms with Gasteiger partial charge in [-0.25, -0.2) is 4.39 Å². The zero-order chi connectivity index (χ0) is 17.4. The molecule has 132 valence electrons. The lowest BCUT2D eigenvalue weighted by molar-refractivity contribution is 0.0256. The molecule has 1 heterocycles. The molecule has 1 fully saturated rings. The van der Waals surface area contributed by atoms with E-state index in [1.165, 1.54) is 23.3 Å². The van der Waals surface area contributed by atoms with Gasteiger partial charge < -0.3 is 15.3 Å². The van der Waals surface area contributed by atoms with Crippen LogP contribution >= 0.6 is 0 Å². The second kappa shape index (κ2) is 6.52. The third kappa shape index (κ3) is 2.88. The van der Waals surface area contributed by atoms with Crippen molar-refractivity contribution in [2.24, 2.45) is 0 Å².